The summed E-state index contributed by atoms with van der Waals surface area (Å²) in [4.78, 5) is 3.99. The van der Waals surface area contributed by atoms with Crippen molar-refractivity contribution in [1.29, 1.82) is 0 Å². The maximum absolute atomic E-state index is 14.2. The standard InChI is InChI=1S/C17H18F4N2O2S.C7H4F3IO/c1-16(2,3)26(24)23-14(15-13(18)5-4-10-22-15)11-6-8-12(9-7-11)25-17(19,20)21;8-7(9,10)12-6-3-1-5(11)2-4-6/h4-10,14,23H,1-3H3;1-4H/t14-,26-;/m0./s1. The molecule has 0 fully saturated rings. The molecule has 0 spiro atoms. The Bertz CT molecular complexity index is 1200. The van der Waals surface area contributed by atoms with E-state index in [1.807, 2.05) is 22.6 Å². The van der Waals surface area contributed by atoms with Gasteiger partial charge in [-0.15, -0.1) is 26.3 Å². The summed E-state index contributed by atoms with van der Waals surface area (Å²) in [6.45, 7) is 5.21. The fourth-order valence-electron chi connectivity index (χ4n) is 2.67. The Labute approximate surface area is 230 Å². The van der Waals surface area contributed by atoms with E-state index in [2.05, 4.69) is 19.2 Å². The largest absolute Gasteiger partial charge is 0.573 e. The van der Waals surface area contributed by atoms with Crippen LogP contribution in [-0.2, 0) is 11.0 Å². The molecule has 5 nitrogen and oxygen atoms in total. The normalized spacial score (nSPS) is 13.7. The zero-order valence-corrected chi connectivity index (χ0v) is 23.0. The quantitative estimate of drug-likeness (QED) is 0.218. The first-order chi connectivity index (χ1) is 17.4. The van der Waals surface area contributed by atoms with Crippen molar-refractivity contribution in [2.24, 2.45) is 0 Å². The van der Waals surface area contributed by atoms with Crippen molar-refractivity contribution in [3.8, 4) is 11.5 Å². The molecule has 1 aromatic heterocycles. The number of nitrogens with zero attached hydrogens (tertiary/aromatic N) is 1. The van der Waals surface area contributed by atoms with Gasteiger partial charge < -0.3 is 9.47 Å². The molecule has 38 heavy (non-hydrogen) atoms. The van der Waals surface area contributed by atoms with Crippen LogP contribution in [0.5, 0.6) is 11.5 Å². The van der Waals surface area contributed by atoms with E-state index in [4.69, 9.17) is 0 Å². The summed E-state index contributed by atoms with van der Waals surface area (Å²) < 4.78 is 109. The van der Waals surface area contributed by atoms with Crippen molar-refractivity contribution in [1.82, 2.24) is 9.71 Å². The van der Waals surface area contributed by atoms with Crippen molar-refractivity contribution < 1.29 is 44.4 Å². The van der Waals surface area contributed by atoms with Gasteiger partial charge in [0, 0.05) is 9.77 Å². The van der Waals surface area contributed by atoms with E-state index in [0.717, 1.165) is 15.7 Å². The van der Waals surface area contributed by atoms with E-state index in [9.17, 15) is 34.9 Å². The molecule has 0 aliphatic carbocycles. The molecular weight excluding hydrogens is 656 g/mol. The van der Waals surface area contributed by atoms with Crippen molar-refractivity contribution in [2.45, 2.75) is 44.3 Å². The van der Waals surface area contributed by atoms with Crippen LogP contribution in [0.2, 0.25) is 0 Å². The molecule has 0 saturated heterocycles. The lowest BCUT2D eigenvalue weighted by molar-refractivity contribution is -0.275. The number of halogens is 8. The summed E-state index contributed by atoms with van der Waals surface area (Å²) in [5.41, 5.74) is 0.393. The van der Waals surface area contributed by atoms with Crippen molar-refractivity contribution >= 4 is 33.6 Å². The summed E-state index contributed by atoms with van der Waals surface area (Å²) in [5.74, 6) is -1.21. The SMILES string of the molecule is CC(C)(C)[S@](=O)N[C@@H](c1ccc(OC(F)(F)F)cc1)c1ncccc1F.FC(F)(F)Oc1ccc(I)cc1. The van der Waals surface area contributed by atoms with Gasteiger partial charge in [0.05, 0.1) is 27.5 Å². The maximum Gasteiger partial charge on any atom is 0.573 e. The number of aromatic nitrogens is 1. The van der Waals surface area contributed by atoms with Crippen LogP contribution in [0, 0.1) is 9.39 Å². The number of rotatable bonds is 6. The summed E-state index contributed by atoms with van der Waals surface area (Å²) >= 11 is 2.00. The monoisotopic (exact) mass is 678 g/mol. The minimum atomic E-state index is -4.81. The molecule has 0 saturated carbocycles. The van der Waals surface area contributed by atoms with Gasteiger partial charge in [-0.25, -0.2) is 13.3 Å². The lowest BCUT2D eigenvalue weighted by Crippen LogP contribution is -2.36. The van der Waals surface area contributed by atoms with E-state index in [1.165, 1.54) is 42.6 Å². The second kappa shape index (κ2) is 13.1. The highest BCUT2D eigenvalue weighted by Gasteiger charge is 2.32. The molecule has 2 aromatic carbocycles. The Balaban J connectivity index is 0.000000352. The van der Waals surface area contributed by atoms with E-state index < -0.39 is 46.1 Å². The first-order valence-electron chi connectivity index (χ1n) is 10.6. The number of benzene rings is 2. The van der Waals surface area contributed by atoms with Gasteiger partial charge in [-0.05, 0) is 97.5 Å². The van der Waals surface area contributed by atoms with Gasteiger partial charge in [-0.3, -0.25) is 4.98 Å². The number of hydrogen-bond acceptors (Lipinski definition) is 4. The van der Waals surface area contributed by atoms with Crippen LogP contribution >= 0.6 is 22.6 Å². The first kappa shape index (κ1) is 31.8. The van der Waals surface area contributed by atoms with Gasteiger partial charge in [0.15, 0.2) is 0 Å². The predicted octanol–water partition coefficient (Wildman–Crippen LogP) is 7.45. The summed E-state index contributed by atoms with van der Waals surface area (Å²) in [7, 11) is -1.57. The second-order valence-electron chi connectivity index (χ2n) is 8.42. The van der Waals surface area contributed by atoms with E-state index in [0.29, 0.717) is 5.56 Å². The lowest BCUT2D eigenvalue weighted by Gasteiger charge is -2.24. The van der Waals surface area contributed by atoms with Crippen LogP contribution < -0.4 is 14.2 Å². The lowest BCUT2D eigenvalue weighted by atomic mass is 10.0. The van der Waals surface area contributed by atoms with Gasteiger partial charge in [0.25, 0.3) is 0 Å². The average Bonchev–Trinajstić information content (AvgIpc) is 2.78. The number of hydrogen-bond donors (Lipinski definition) is 1. The van der Waals surface area contributed by atoms with Crippen LogP contribution in [0.25, 0.3) is 0 Å². The van der Waals surface area contributed by atoms with Crippen LogP contribution in [0.4, 0.5) is 30.7 Å². The molecule has 208 valence electrons. The highest BCUT2D eigenvalue weighted by molar-refractivity contribution is 14.1. The van der Waals surface area contributed by atoms with Gasteiger partial charge in [0.2, 0.25) is 0 Å². The summed E-state index contributed by atoms with van der Waals surface area (Å²) in [6.07, 6.45) is -8.03. The molecule has 0 amide bonds. The van der Waals surface area contributed by atoms with Gasteiger partial charge in [-0.1, -0.05) is 12.1 Å². The van der Waals surface area contributed by atoms with Crippen molar-refractivity contribution in [3.05, 3.63) is 87.5 Å². The Morgan fingerprint density at radius 2 is 1.32 bits per heavy atom. The Hall–Kier alpha value is -2.46. The molecule has 1 heterocycles. The van der Waals surface area contributed by atoms with Gasteiger partial charge in [0.1, 0.15) is 17.3 Å². The third kappa shape index (κ3) is 11.1. The number of alkyl halides is 6. The van der Waals surface area contributed by atoms with Gasteiger partial charge >= 0.3 is 12.7 Å². The van der Waals surface area contributed by atoms with Gasteiger partial charge in [-0.2, -0.15) is 0 Å². The van der Waals surface area contributed by atoms with Crippen molar-refractivity contribution in [3.63, 3.8) is 0 Å². The molecule has 0 aliphatic heterocycles. The highest BCUT2D eigenvalue weighted by Crippen LogP contribution is 2.29. The minimum Gasteiger partial charge on any atom is -0.406 e. The maximum atomic E-state index is 14.2. The fraction of sp³-hybridized carbons (Fsp3) is 0.292. The van der Waals surface area contributed by atoms with Crippen molar-refractivity contribution in [2.75, 3.05) is 0 Å². The minimum absolute atomic E-state index is 0.00501. The third-order valence-corrected chi connectivity index (χ3v) is 6.62. The van der Waals surface area contributed by atoms with Crippen LogP contribution in [0.1, 0.15) is 38.1 Å². The molecular formula is C24H22F7IN2O3S. The highest BCUT2D eigenvalue weighted by atomic mass is 127. The number of pyridine rings is 1. The van der Waals surface area contributed by atoms with E-state index >= 15 is 0 Å². The van der Waals surface area contributed by atoms with E-state index in [1.54, 1.807) is 32.9 Å². The van der Waals surface area contributed by atoms with Crippen LogP contribution in [0.3, 0.4) is 0 Å². The molecule has 0 aliphatic rings. The second-order valence-corrected chi connectivity index (χ2v) is 11.7. The van der Waals surface area contributed by atoms with Crippen LogP contribution in [-0.4, -0.2) is 26.7 Å². The molecule has 0 radical (unpaired) electrons. The zero-order chi connectivity index (χ0) is 28.7. The average molecular weight is 678 g/mol. The number of ether oxygens (including phenoxy) is 2. The Morgan fingerprint density at radius 1 is 0.842 bits per heavy atom. The topological polar surface area (TPSA) is 60.5 Å². The van der Waals surface area contributed by atoms with Crippen LogP contribution in [0.15, 0.2) is 66.9 Å². The third-order valence-electron chi connectivity index (χ3n) is 4.34. The molecule has 3 aromatic rings. The molecule has 0 unspecified atom stereocenters. The van der Waals surface area contributed by atoms with E-state index in [-0.39, 0.29) is 11.4 Å². The first-order valence-corrected chi connectivity index (χ1v) is 12.8. The zero-order valence-electron chi connectivity index (χ0n) is 20.0. The molecule has 3 rings (SSSR count). The number of nitrogens with one attached hydrogen (secondary N) is 1. The summed E-state index contributed by atoms with van der Waals surface area (Å²) in [5, 5.41) is 0. The smallest absolute Gasteiger partial charge is 0.406 e. The molecule has 0 bridgehead atoms. The fourth-order valence-corrected chi connectivity index (χ4v) is 3.85. The summed E-state index contributed by atoms with van der Waals surface area (Å²) in [6, 6.07) is 12.2. The Morgan fingerprint density at radius 3 is 1.74 bits per heavy atom. The Kier molecular flexibility index (Phi) is 10.9. The molecule has 1 N–H and O–H groups in total. The molecule has 14 heteroatoms. The molecule has 2 atom stereocenters. The predicted molar refractivity (Wildman–Crippen MR) is 136 cm³/mol.